The third kappa shape index (κ3) is 11.0. The molecule has 1 aliphatic carbocycles. The van der Waals surface area contributed by atoms with E-state index < -0.39 is 0 Å². The number of hydrogen-bond donors (Lipinski definition) is 0. The van der Waals surface area contributed by atoms with E-state index in [-0.39, 0.29) is 38.3 Å². The molecule has 5 heteroatoms. The number of fused-ring (bicyclic) bond motifs is 2. The van der Waals surface area contributed by atoms with Gasteiger partial charge in [-0.1, -0.05) is 86.3 Å². The number of aromatic nitrogens is 2. The van der Waals surface area contributed by atoms with Crippen molar-refractivity contribution in [3.05, 3.63) is 181 Å². The normalized spacial score (nSPS) is 15.6. The summed E-state index contributed by atoms with van der Waals surface area (Å²) >= 11 is 0. The summed E-state index contributed by atoms with van der Waals surface area (Å²) < 4.78 is 0. The predicted octanol–water partition coefficient (Wildman–Crippen LogP) is 10.3. The molecule has 0 radical (unpaired) electrons. The monoisotopic (exact) mass is 666 g/mol. The van der Waals surface area contributed by atoms with Crippen LogP contribution in [0.1, 0.15) is 48.2 Å². The molecule has 0 aliphatic heterocycles. The summed E-state index contributed by atoms with van der Waals surface area (Å²) in [4.78, 5) is 9.21. The zero-order valence-electron chi connectivity index (χ0n) is 25.8. The topological polar surface area (TPSA) is 54.0 Å². The van der Waals surface area contributed by atoms with Crippen molar-refractivity contribution in [2.45, 2.75) is 50.9 Å². The van der Waals surface area contributed by atoms with Crippen molar-refractivity contribution in [3.8, 4) is 0 Å². The second kappa shape index (κ2) is 18.3. The molecule has 6 aromatic rings. The number of nitrogens with zero attached hydrogens (tertiary/aromatic N) is 4. The molecular weight excluding hydrogens is 628 g/mol. The Morgan fingerprint density at radius 1 is 0.511 bits per heavy atom. The quantitative estimate of drug-likeness (QED) is 0.166. The molecule has 4 aromatic carbocycles. The molecule has 2 atom stereocenters. The van der Waals surface area contributed by atoms with E-state index in [2.05, 4.69) is 72.3 Å². The summed E-state index contributed by atoms with van der Waals surface area (Å²) in [5.74, 6) is 0. The van der Waals surface area contributed by atoms with Crippen LogP contribution >= 0.6 is 0 Å². The molecule has 1 fully saturated rings. The van der Waals surface area contributed by atoms with Crippen molar-refractivity contribution in [1.29, 1.82) is 0 Å². The zero-order chi connectivity index (χ0) is 30.4. The van der Waals surface area contributed by atoms with E-state index in [0.29, 0.717) is 13.1 Å². The molecular formula is C40H40N4Zr. The van der Waals surface area contributed by atoms with Crippen LogP contribution in [0.5, 0.6) is 0 Å². The molecule has 0 amide bonds. The van der Waals surface area contributed by atoms with Gasteiger partial charge in [0.2, 0.25) is 0 Å². The van der Waals surface area contributed by atoms with Crippen LogP contribution in [0.2, 0.25) is 0 Å². The van der Waals surface area contributed by atoms with Gasteiger partial charge in [-0.2, -0.15) is 61.3 Å². The standard InChI is InChI=1S/C26H26N4.2C7H7.Zr/c1-3-9-21-15-27-23(13-19(21)7-1)17-29-25-11-5-6-12-26(25)30-18-24-14-20-8-2-4-10-22(20)16-28-24;2*1-7-5-3-2-4-6-7;/h1-4,7-10,13-16,25-26H,5-6,11-12,17-18H2;2*2-6H,1H2;/q-2;2*-1;+4/t25-,26-;;;/m1.../s1. The predicted molar refractivity (Wildman–Crippen MR) is 185 cm³/mol. The van der Waals surface area contributed by atoms with Crippen LogP contribution in [0.3, 0.4) is 0 Å². The van der Waals surface area contributed by atoms with Gasteiger partial charge in [-0.15, -0.1) is 37.4 Å². The first-order chi connectivity index (χ1) is 21.6. The SMILES string of the molecule is [CH2-]c1ccccc1.[CH2-]c1ccccc1.[Zr+4].c1ccc2cc(C[N-][C@@H]3CCCC[C@H]3[N-]Cc3cc4ccccc4cn3)ncc2c1. The van der Waals surface area contributed by atoms with Crippen molar-refractivity contribution in [2.75, 3.05) is 0 Å². The smallest absolute Gasteiger partial charge is 0.656 e. The van der Waals surface area contributed by atoms with E-state index >= 15 is 0 Å². The minimum absolute atomic E-state index is 0. The van der Waals surface area contributed by atoms with Crippen LogP contribution in [0, 0.1) is 13.8 Å². The van der Waals surface area contributed by atoms with E-state index in [1.54, 1.807) is 0 Å². The van der Waals surface area contributed by atoms with Gasteiger partial charge in [-0.05, 0) is 22.9 Å². The largest absolute Gasteiger partial charge is 4.00 e. The summed E-state index contributed by atoms with van der Waals surface area (Å²) in [6, 6.07) is 41.3. The van der Waals surface area contributed by atoms with Gasteiger partial charge in [-0.3, -0.25) is 9.97 Å². The fourth-order valence-corrected chi connectivity index (χ4v) is 5.33. The van der Waals surface area contributed by atoms with Gasteiger partial charge in [0.25, 0.3) is 0 Å². The first-order valence-corrected chi connectivity index (χ1v) is 15.4. The van der Waals surface area contributed by atoms with E-state index in [0.717, 1.165) is 35.4 Å². The Balaban J connectivity index is 0.000000253. The van der Waals surface area contributed by atoms with Crippen molar-refractivity contribution in [1.82, 2.24) is 9.97 Å². The third-order valence-corrected chi connectivity index (χ3v) is 7.73. The molecule has 0 bridgehead atoms. The molecule has 0 spiro atoms. The summed E-state index contributed by atoms with van der Waals surface area (Å²) in [6.07, 6.45) is 8.61. The third-order valence-electron chi connectivity index (χ3n) is 7.73. The number of pyridine rings is 2. The van der Waals surface area contributed by atoms with Gasteiger partial charge in [0, 0.05) is 34.6 Å². The van der Waals surface area contributed by atoms with Gasteiger partial charge in [-0.25, -0.2) is 0 Å². The molecule has 7 rings (SSSR count). The fraction of sp³-hybridized carbons (Fsp3) is 0.200. The maximum Gasteiger partial charge on any atom is 4.00 e. The molecule has 0 N–H and O–H groups in total. The molecule has 224 valence electrons. The summed E-state index contributed by atoms with van der Waals surface area (Å²) in [7, 11) is 0. The van der Waals surface area contributed by atoms with Crippen molar-refractivity contribution >= 4 is 21.5 Å². The van der Waals surface area contributed by atoms with Crippen LogP contribution < -0.4 is 0 Å². The fourth-order valence-electron chi connectivity index (χ4n) is 5.33. The van der Waals surface area contributed by atoms with E-state index in [1.807, 2.05) is 85.2 Å². The number of hydrogen-bond acceptors (Lipinski definition) is 2. The van der Waals surface area contributed by atoms with E-state index in [9.17, 15) is 0 Å². The summed E-state index contributed by atoms with van der Waals surface area (Å²) in [5.41, 5.74) is 4.22. The number of rotatable bonds is 6. The minimum Gasteiger partial charge on any atom is -0.656 e. The Kier molecular flexibility index (Phi) is 13.9. The molecule has 2 heterocycles. The van der Waals surface area contributed by atoms with Crippen LogP contribution in [0.15, 0.2) is 134 Å². The molecule has 1 aliphatic rings. The summed E-state index contributed by atoms with van der Waals surface area (Å²) in [5, 5.41) is 14.9. The van der Waals surface area contributed by atoms with Gasteiger partial charge in [0.1, 0.15) is 0 Å². The first kappa shape index (κ1) is 34.1. The van der Waals surface area contributed by atoms with Crippen molar-refractivity contribution in [2.24, 2.45) is 0 Å². The second-order valence-corrected chi connectivity index (χ2v) is 11.1. The van der Waals surface area contributed by atoms with Crippen LogP contribution in [0.4, 0.5) is 0 Å². The van der Waals surface area contributed by atoms with Crippen molar-refractivity contribution in [3.63, 3.8) is 0 Å². The molecule has 45 heavy (non-hydrogen) atoms. The van der Waals surface area contributed by atoms with Gasteiger partial charge >= 0.3 is 26.2 Å². The molecule has 2 aromatic heterocycles. The zero-order valence-corrected chi connectivity index (χ0v) is 28.3. The molecule has 0 unspecified atom stereocenters. The Bertz CT molecular complexity index is 1580. The Morgan fingerprint density at radius 3 is 1.22 bits per heavy atom. The Labute approximate surface area is 287 Å². The van der Waals surface area contributed by atoms with Crippen LogP contribution in [-0.2, 0) is 39.3 Å². The van der Waals surface area contributed by atoms with Crippen molar-refractivity contribution < 1.29 is 26.2 Å². The Morgan fingerprint density at radius 2 is 0.867 bits per heavy atom. The maximum atomic E-state index is 5.03. The van der Waals surface area contributed by atoms with E-state index in [4.69, 9.17) is 10.6 Å². The molecule has 0 saturated heterocycles. The molecule has 1 saturated carbocycles. The Hall–Kier alpha value is -3.76. The van der Waals surface area contributed by atoms with Crippen LogP contribution in [-0.4, -0.2) is 22.1 Å². The van der Waals surface area contributed by atoms with Crippen LogP contribution in [0.25, 0.3) is 32.2 Å². The average molecular weight is 668 g/mol. The molecule has 4 nitrogen and oxygen atoms in total. The van der Waals surface area contributed by atoms with E-state index in [1.165, 1.54) is 34.4 Å². The number of benzene rings is 4. The first-order valence-electron chi connectivity index (χ1n) is 15.4. The minimum atomic E-state index is 0. The second-order valence-electron chi connectivity index (χ2n) is 11.1. The maximum absolute atomic E-state index is 5.03. The van der Waals surface area contributed by atoms with Gasteiger partial charge in [0.05, 0.1) is 0 Å². The average Bonchev–Trinajstić information content (AvgIpc) is 3.08. The summed E-state index contributed by atoms with van der Waals surface area (Å²) in [6.45, 7) is 8.77. The van der Waals surface area contributed by atoms with Gasteiger partial charge in [0.15, 0.2) is 0 Å². The van der Waals surface area contributed by atoms with Gasteiger partial charge < -0.3 is 10.6 Å².